The van der Waals surface area contributed by atoms with Crippen LogP contribution in [0.5, 0.6) is 0 Å². The number of hydrogen-bond donors (Lipinski definition) is 0. The molecular formula is C23H23N3O2S. The quantitative estimate of drug-likeness (QED) is 0.478. The van der Waals surface area contributed by atoms with Gasteiger partial charge in [-0.15, -0.1) is 0 Å². The van der Waals surface area contributed by atoms with Crippen molar-refractivity contribution in [3.63, 3.8) is 0 Å². The zero-order valence-corrected chi connectivity index (χ0v) is 17.5. The summed E-state index contributed by atoms with van der Waals surface area (Å²) in [5.41, 5.74) is 4.39. The van der Waals surface area contributed by atoms with E-state index in [1.807, 2.05) is 86.0 Å². The number of benzene rings is 2. The number of sulfonamides is 1. The monoisotopic (exact) mass is 405 g/mol. The highest BCUT2D eigenvalue weighted by molar-refractivity contribution is 7.92. The molecule has 0 radical (unpaired) electrons. The molecule has 0 atom stereocenters. The van der Waals surface area contributed by atoms with E-state index in [4.69, 9.17) is 4.98 Å². The van der Waals surface area contributed by atoms with Gasteiger partial charge in [0, 0.05) is 18.3 Å². The third kappa shape index (κ3) is 3.40. The molecule has 4 rings (SSSR count). The molecule has 0 N–H and O–H groups in total. The Morgan fingerprint density at radius 3 is 2.14 bits per heavy atom. The molecule has 0 amide bonds. The fourth-order valence-corrected chi connectivity index (χ4v) is 4.87. The molecule has 0 aliphatic heterocycles. The number of pyridine rings is 1. The minimum absolute atomic E-state index is 0.269. The van der Waals surface area contributed by atoms with Crippen LogP contribution in [0, 0.1) is 13.8 Å². The first-order chi connectivity index (χ1) is 13.9. The molecule has 0 saturated heterocycles. The van der Waals surface area contributed by atoms with Crippen molar-refractivity contribution in [2.75, 3.05) is 10.8 Å². The second kappa shape index (κ2) is 7.37. The Labute approximate surface area is 171 Å². The minimum Gasteiger partial charge on any atom is -0.285 e. The highest BCUT2D eigenvalue weighted by Crippen LogP contribution is 2.34. The number of rotatable bonds is 5. The van der Waals surface area contributed by atoms with Crippen LogP contribution in [0.2, 0.25) is 0 Å². The number of nitrogens with zero attached hydrogens (tertiary/aromatic N) is 3. The number of hydrogen-bond acceptors (Lipinski definition) is 3. The Morgan fingerprint density at radius 1 is 0.897 bits per heavy atom. The molecular weight excluding hydrogens is 382 g/mol. The summed E-state index contributed by atoms with van der Waals surface area (Å²) in [6.07, 6.45) is 1.85. The molecule has 148 valence electrons. The molecule has 0 saturated carbocycles. The third-order valence-corrected chi connectivity index (χ3v) is 6.84. The minimum atomic E-state index is -3.75. The molecule has 29 heavy (non-hydrogen) atoms. The Hall–Kier alpha value is -3.12. The molecule has 0 spiro atoms. The molecule has 0 aliphatic rings. The zero-order valence-electron chi connectivity index (χ0n) is 16.7. The molecule has 2 heterocycles. The van der Waals surface area contributed by atoms with E-state index in [2.05, 4.69) is 0 Å². The molecule has 0 aliphatic carbocycles. The van der Waals surface area contributed by atoms with Crippen LogP contribution < -0.4 is 4.31 Å². The van der Waals surface area contributed by atoms with Gasteiger partial charge in [0.2, 0.25) is 0 Å². The molecule has 0 unspecified atom stereocenters. The van der Waals surface area contributed by atoms with Gasteiger partial charge in [0.15, 0.2) is 5.82 Å². The van der Waals surface area contributed by atoms with Gasteiger partial charge in [0.25, 0.3) is 10.0 Å². The fourth-order valence-electron chi connectivity index (χ4n) is 3.40. The SMILES string of the molecule is CCN(c1c(-c2ccc(C)cc2)nc2ccccn12)S(=O)(=O)c1ccc(C)cc1. The zero-order chi connectivity index (χ0) is 20.6. The maximum absolute atomic E-state index is 13.5. The van der Waals surface area contributed by atoms with Crippen molar-refractivity contribution in [2.45, 2.75) is 25.7 Å². The predicted octanol–water partition coefficient (Wildman–Crippen LogP) is 4.83. The van der Waals surface area contributed by atoms with Gasteiger partial charge in [0.05, 0.1) is 4.90 Å². The Bertz CT molecular complexity index is 1260. The molecule has 6 heteroatoms. The van der Waals surface area contributed by atoms with Crippen molar-refractivity contribution < 1.29 is 8.42 Å². The molecule has 5 nitrogen and oxygen atoms in total. The first-order valence-electron chi connectivity index (χ1n) is 9.55. The maximum atomic E-state index is 13.5. The van der Waals surface area contributed by atoms with Crippen molar-refractivity contribution in [1.29, 1.82) is 0 Å². The van der Waals surface area contributed by atoms with E-state index in [1.165, 1.54) is 4.31 Å². The Morgan fingerprint density at radius 2 is 1.52 bits per heavy atom. The first-order valence-corrected chi connectivity index (χ1v) is 11.0. The summed E-state index contributed by atoms with van der Waals surface area (Å²) in [7, 11) is -3.75. The van der Waals surface area contributed by atoms with Gasteiger partial charge in [-0.25, -0.2) is 17.7 Å². The number of aromatic nitrogens is 2. The summed E-state index contributed by atoms with van der Waals surface area (Å²) in [4.78, 5) is 5.03. The third-order valence-electron chi connectivity index (χ3n) is 4.96. The number of fused-ring (bicyclic) bond motifs is 1. The lowest BCUT2D eigenvalue weighted by Crippen LogP contribution is -2.32. The first kappa shape index (κ1) is 19.2. The standard InChI is InChI=1S/C23H23N3O2S/c1-4-26(29(27,28)20-14-10-18(3)11-15-20)23-22(19-12-8-17(2)9-13-19)24-21-7-5-6-16-25(21)23/h5-16H,4H2,1-3H3. The molecule has 2 aromatic heterocycles. The van der Waals surface area contributed by atoms with E-state index in [1.54, 1.807) is 12.1 Å². The molecule has 4 aromatic rings. The van der Waals surface area contributed by atoms with Crippen molar-refractivity contribution in [3.8, 4) is 11.3 Å². The summed E-state index contributed by atoms with van der Waals surface area (Å²) in [5.74, 6) is 0.549. The van der Waals surface area contributed by atoms with E-state index >= 15 is 0 Å². The molecule has 0 fully saturated rings. The van der Waals surface area contributed by atoms with Crippen molar-refractivity contribution in [2.24, 2.45) is 0 Å². The average molecular weight is 406 g/mol. The van der Waals surface area contributed by atoms with Crippen molar-refractivity contribution in [1.82, 2.24) is 9.38 Å². The van der Waals surface area contributed by atoms with E-state index in [-0.39, 0.29) is 11.4 Å². The summed E-state index contributed by atoms with van der Waals surface area (Å²) < 4.78 is 30.4. The van der Waals surface area contributed by atoms with Crippen LogP contribution in [0.3, 0.4) is 0 Å². The topological polar surface area (TPSA) is 54.7 Å². The lowest BCUT2D eigenvalue weighted by Gasteiger charge is -2.23. The lowest BCUT2D eigenvalue weighted by molar-refractivity contribution is 0.591. The van der Waals surface area contributed by atoms with Gasteiger partial charge in [-0.2, -0.15) is 0 Å². The average Bonchev–Trinajstić information content (AvgIpc) is 3.09. The predicted molar refractivity (Wildman–Crippen MR) is 117 cm³/mol. The largest absolute Gasteiger partial charge is 0.285 e. The van der Waals surface area contributed by atoms with E-state index < -0.39 is 10.0 Å². The van der Waals surface area contributed by atoms with Crippen molar-refractivity contribution >= 4 is 21.5 Å². The second-order valence-corrected chi connectivity index (χ2v) is 8.92. The number of anilines is 1. The van der Waals surface area contributed by atoms with Crippen LogP contribution in [0.15, 0.2) is 77.8 Å². The Kier molecular flexibility index (Phi) is 4.88. The number of imidazole rings is 1. The maximum Gasteiger partial charge on any atom is 0.265 e. The van der Waals surface area contributed by atoms with Crippen LogP contribution in [-0.2, 0) is 10.0 Å². The van der Waals surface area contributed by atoms with Gasteiger partial charge in [-0.3, -0.25) is 4.40 Å². The van der Waals surface area contributed by atoms with Gasteiger partial charge in [0.1, 0.15) is 11.3 Å². The second-order valence-electron chi connectivity index (χ2n) is 7.06. The van der Waals surface area contributed by atoms with E-state index in [0.717, 1.165) is 16.7 Å². The summed E-state index contributed by atoms with van der Waals surface area (Å²) in [6, 6.07) is 20.6. The van der Waals surface area contributed by atoms with E-state index in [9.17, 15) is 8.42 Å². The summed E-state index contributed by atoms with van der Waals surface area (Å²) in [5, 5.41) is 0. The fraction of sp³-hybridized carbons (Fsp3) is 0.174. The summed E-state index contributed by atoms with van der Waals surface area (Å²) >= 11 is 0. The van der Waals surface area contributed by atoms with Crippen LogP contribution in [-0.4, -0.2) is 24.3 Å². The lowest BCUT2D eigenvalue weighted by atomic mass is 10.1. The highest BCUT2D eigenvalue weighted by Gasteiger charge is 2.29. The van der Waals surface area contributed by atoms with Gasteiger partial charge in [-0.1, -0.05) is 53.6 Å². The summed E-state index contributed by atoms with van der Waals surface area (Å²) in [6.45, 7) is 6.09. The van der Waals surface area contributed by atoms with Crippen LogP contribution in [0.25, 0.3) is 16.9 Å². The Balaban J connectivity index is 1.96. The van der Waals surface area contributed by atoms with Crippen LogP contribution in [0.1, 0.15) is 18.1 Å². The van der Waals surface area contributed by atoms with Crippen molar-refractivity contribution in [3.05, 3.63) is 84.1 Å². The number of aryl methyl sites for hydroxylation is 2. The smallest absolute Gasteiger partial charge is 0.265 e. The molecule has 0 bridgehead atoms. The van der Waals surface area contributed by atoms with Crippen LogP contribution >= 0.6 is 0 Å². The van der Waals surface area contributed by atoms with Gasteiger partial charge >= 0.3 is 0 Å². The van der Waals surface area contributed by atoms with E-state index in [0.29, 0.717) is 17.2 Å². The van der Waals surface area contributed by atoms with Gasteiger partial charge in [-0.05, 0) is 45.0 Å². The van der Waals surface area contributed by atoms with Crippen LogP contribution in [0.4, 0.5) is 5.82 Å². The molecule has 2 aromatic carbocycles. The highest BCUT2D eigenvalue weighted by atomic mass is 32.2. The van der Waals surface area contributed by atoms with Gasteiger partial charge < -0.3 is 0 Å². The normalized spacial score (nSPS) is 11.7.